The van der Waals surface area contributed by atoms with Crippen LogP contribution in [0.2, 0.25) is 5.02 Å². The fraction of sp³-hybridized carbons (Fsp3) is 0.316. The van der Waals surface area contributed by atoms with E-state index in [1.54, 1.807) is 32.4 Å². The molecule has 0 aliphatic heterocycles. The van der Waals surface area contributed by atoms with Gasteiger partial charge in [-0.1, -0.05) is 23.7 Å². The lowest BCUT2D eigenvalue weighted by Gasteiger charge is -2.17. The van der Waals surface area contributed by atoms with Gasteiger partial charge in [0, 0.05) is 12.2 Å². The Morgan fingerprint density at radius 2 is 1.77 bits per heavy atom. The topological polar surface area (TPSA) is 60.0 Å². The number of hydrogen-bond donors (Lipinski definition) is 1. The van der Waals surface area contributed by atoms with Crippen molar-refractivity contribution < 1.29 is 19.0 Å². The number of carbonyl (C=O) groups is 1. The molecule has 26 heavy (non-hydrogen) atoms. The summed E-state index contributed by atoms with van der Waals surface area (Å²) in [5, 5.41) is 3.26. The average molecular weight is 379 g/mol. The van der Waals surface area contributed by atoms with Gasteiger partial charge in [0.1, 0.15) is 12.4 Å². The number of nitrogens with one attached hydrogen (secondary N) is 1. The highest BCUT2D eigenvalue weighted by molar-refractivity contribution is 6.32. The minimum absolute atomic E-state index is 0.133. The van der Waals surface area contributed by atoms with Gasteiger partial charge < -0.3 is 19.5 Å². The van der Waals surface area contributed by atoms with Crippen molar-refractivity contribution in [3.8, 4) is 17.2 Å². The molecule has 6 nitrogen and oxygen atoms in total. The van der Waals surface area contributed by atoms with Gasteiger partial charge in [0.25, 0.3) is 0 Å². The first kappa shape index (κ1) is 19.9. The first-order chi connectivity index (χ1) is 12.5. The Morgan fingerprint density at radius 3 is 2.42 bits per heavy atom. The number of methoxy groups -OCH3 is 2. The summed E-state index contributed by atoms with van der Waals surface area (Å²) in [7, 11) is 5.00. The number of hydrogen-bond acceptors (Lipinski definition) is 5. The van der Waals surface area contributed by atoms with E-state index in [2.05, 4.69) is 5.32 Å². The summed E-state index contributed by atoms with van der Waals surface area (Å²) in [6.45, 7) is 1.27. The maximum absolute atomic E-state index is 12.1. The molecule has 1 amide bonds. The summed E-state index contributed by atoms with van der Waals surface area (Å²) >= 11 is 6.06. The zero-order chi connectivity index (χ0) is 18.9. The molecule has 0 fully saturated rings. The second-order valence-electron chi connectivity index (χ2n) is 5.63. The van der Waals surface area contributed by atoms with Crippen LogP contribution in [0, 0.1) is 0 Å². The lowest BCUT2D eigenvalue weighted by molar-refractivity contribution is -0.117. The van der Waals surface area contributed by atoms with E-state index in [9.17, 15) is 4.79 Å². The van der Waals surface area contributed by atoms with Crippen molar-refractivity contribution in [2.75, 3.05) is 46.3 Å². The number of anilines is 1. The van der Waals surface area contributed by atoms with Crippen molar-refractivity contribution in [1.82, 2.24) is 4.90 Å². The summed E-state index contributed by atoms with van der Waals surface area (Å²) in [5.41, 5.74) is 0.625. The van der Waals surface area contributed by atoms with E-state index < -0.39 is 0 Å². The zero-order valence-electron chi connectivity index (χ0n) is 15.1. The molecule has 7 heteroatoms. The smallest absolute Gasteiger partial charge is 0.238 e. The quantitative estimate of drug-likeness (QED) is 0.725. The number of halogens is 1. The molecule has 0 bridgehead atoms. The van der Waals surface area contributed by atoms with Crippen LogP contribution in [0.4, 0.5) is 5.69 Å². The molecule has 0 atom stereocenters. The molecule has 0 radical (unpaired) electrons. The summed E-state index contributed by atoms with van der Waals surface area (Å²) in [5.74, 6) is 1.80. The van der Waals surface area contributed by atoms with E-state index in [0.29, 0.717) is 41.1 Å². The van der Waals surface area contributed by atoms with E-state index in [4.69, 9.17) is 25.8 Å². The van der Waals surface area contributed by atoms with Gasteiger partial charge in [0.15, 0.2) is 11.5 Å². The Morgan fingerprint density at radius 1 is 1.08 bits per heavy atom. The second kappa shape index (κ2) is 9.89. The first-order valence-electron chi connectivity index (χ1n) is 8.11. The Hall–Kier alpha value is -2.44. The van der Waals surface area contributed by atoms with Crippen LogP contribution < -0.4 is 19.5 Å². The van der Waals surface area contributed by atoms with E-state index in [1.165, 1.54) is 0 Å². The van der Waals surface area contributed by atoms with E-state index >= 15 is 0 Å². The zero-order valence-corrected chi connectivity index (χ0v) is 15.9. The molecule has 2 aromatic carbocycles. The van der Waals surface area contributed by atoms with Crippen LogP contribution in [0.3, 0.4) is 0 Å². The first-order valence-corrected chi connectivity index (χ1v) is 8.49. The van der Waals surface area contributed by atoms with Gasteiger partial charge in [-0.2, -0.15) is 0 Å². The predicted molar refractivity (Wildman–Crippen MR) is 103 cm³/mol. The number of nitrogens with zero attached hydrogens (tertiary/aromatic N) is 1. The van der Waals surface area contributed by atoms with Gasteiger partial charge in [0.05, 0.1) is 25.8 Å². The summed E-state index contributed by atoms with van der Waals surface area (Å²) in [4.78, 5) is 14.0. The van der Waals surface area contributed by atoms with Gasteiger partial charge in [-0.3, -0.25) is 9.69 Å². The van der Waals surface area contributed by atoms with Gasteiger partial charge >= 0.3 is 0 Å². The van der Waals surface area contributed by atoms with Gasteiger partial charge in [-0.15, -0.1) is 0 Å². The summed E-state index contributed by atoms with van der Waals surface area (Å²) < 4.78 is 16.0. The van der Waals surface area contributed by atoms with Crippen LogP contribution in [0.5, 0.6) is 17.2 Å². The fourth-order valence-corrected chi connectivity index (χ4v) is 2.58. The van der Waals surface area contributed by atoms with Crippen molar-refractivity contribution >= 4 is 23.2 Å². The molecule has 0 aromatic heterocycles. The van der Waals surface area contributed by atoms with Gasteiger partial charge in [-0.05, 0) is 37.4 Å². The molecule has 0 aliphatic rings. The van der Waals surface area contributed by atoms with Crippen LogP contribution in [0.1, 0.15) is 0 Å². The SMILES string of the molecule is COc1ccc(NC(=O)CN(C)CCOc2ccccc2OC)cc1Cl. The number of ether oxygens (including phenoxy) is 3. The average Bonchev–Trinajstić information content (AvgIpc) is 2.62. The van der Waals surface area contributed by atoms with Crippen LogP contribution >= 0.6 is 11.6 Å². The highest BCUT2D eigenvalue weighted by Crippen LogP contribution is 2.27. The third kappa shape index (κ3) is 5.82. The van der Waals surface area contributed by atoms with E-state index in [-0.39, 0.29) is 12.5 Å². The van der Waals surface area contributed by atoms with Gasteiger partial charge in [-0.25, -0.2) is 0 Å². The number of amides is 1. The van der Waals surface area contributed by atoms with Crippen molar-refractivity contribution in [1.29, 1.82) is 0 Å². The van der Waals surface area contributed by atoms with Crippen molar-refractivity contribution in [2.45, 2.75) is 0 Å². The monoisotopic (exact) mass is 378 g/mol. The number of likely N-dealkylation sites (N-methyl/N-ethyl adjacent to an activating group) is 1. The minimum Gasteiger partial charge on any atom is -0.495 e. The third-order valence-corrected chi connectivity index (χ3v) is 3.94. The van der Waals surface area contributed by atoms with Crippen molar-refractivity contribution in [3.05, 3.63) is 47.5 Å². The van der Waals surface area contributed by atoms with Crippen molar-refractivity contribution in [3.63, 3.8) is 0 Å². The second-order valence-corrected chi connectivity index (χ2v) is 6.04. The number of rotatable bonds is 9. The number of para-hydroxylation sites is 2. The Kier molecular flexibility index (Phi) is 7.56. The predicted octanol–water partition coefficient (Wildman–Crippen LogP) is 3.31. The molecule has 140 valence electrons. The standard InChI is InChI=1S/C19H23ClN2O4/c1-22(10-11-26-18-7-5-4-6-17(18)25-3)13-19(23)21-14-8-9-16(24-2)15(20)12-14/h4-9,12H,10-11,13H2,1-3H3,(H,21,23). The normalized spacial score (nSPS) is 10.5. The molecule has 0 saturated heterocycles. The maximum Gasteiger partial charge on any atom is 0.238 e. The molecule has 0 unspecified atom stereocenters. The maximum atomic E-state index is 12.1. The Bertz CT molecular complexity index is 739. The number of benzene rings is 2. The van der Waals surface area contributed by atoms with Gasteiger partial charge in [0.2, 0.25) is 5.91 Å². The highest BCUT2D eigenvalue weighted by Gasteiger charge is 2.09. The van der Waals surface area contributed by atoms with Crippen LogP contribution in [0.25, 0.3) is 0 Å². The van der Waals surface area contributed by atoms with Crippen LogP contribution in [0.15, 0.2) is 42.5 Å². The molecule has 2 rings (SSSR count). The third-order valence-electron chi connectivity index (χ3n) is 3.65. The van der Waals surface area contributed by atoms with E-state index in [0.717, 1.165) is 0 Å². The van der Waals surface area contributed by atoms with Crippen molar-refractivity contribution in [2.24, 2.45) is 0 Å². The van der Waals surface area contributed by atoms with Crippen LogP contribution in [-0.2, 0) is 4.79 Å². The Labute approximate surface area is 158 Å². The summed E-state index contributed by atoms with van der Waals surface area (Å²) in [6, 6.07) is 12.6. The number of carbonyl (C=O) groups excluding carboxylic acids is 1. The Balaban J connectivity index is 1.77. The summed E-state index contributed by atoms with van der Waals surface area (Å²) in [6.07, 6.45) is 0. The lowest BCUT2D eigenvalue weighted by atomic mass is 10.3. The molecule has 0 saturated carbocycles. The molecule has 0 aliphatic carbocycles. The van der Waals surface area contributed by atoms with E-state index in [1.807, 2.05) is 36.2 Å². The highest BCUT2D eigenvalue weighted by atomic mass is 35.5. The molecule has 0 heterocycles. The fourth-order valence-electron chi connectivity index (χ4n) is 2.32. The molecular weight excluding hydrogens is 356 g/mol. The molecular formula is C19H23ClN2O4. The molecule has 0 spiro atoms. The van der Waals surface area contributed by atoms with Crippen LogP contribution in [-0.4, -0.2) is 51.8 Å². The molecule has 2 aromatic rings. The largest absolute Gasteiger partial charge is 0.495 e. The minimum atomic E-state index is -0.133. The lowest BCUT2D eigenvalue weighted by Crippen LogP contribution is -2.33. The molecule has 1 N–H and O–H groups in total.